The average Bonchev–Trinajstić information content (AvgIpc) is 2.49. The maximum atomic E-state index is 8.69. The summed E-state index contributed by atoms with van der Waals surface area (Å²) in [6, 6.07) is 11.7. The summed E-state index contributed by atoms with van der Waals surface area (Å²) in [6.45, 7) is 0.715. The van der Waals surface area contributed by atoms with Gasteiger partial charge in [0.25, 0.3) is 0 Å². The summed E-state index contributed by atoms with van der Waals surface area (Å²) in [4.78, 5) is 3.98. The quantitative estimate of drug-likeness (QED) is 0.846. The molecule has 0 saturated carbocycles. The lowest BCUT2D eigenvalue weighted by molar-refractivity contribution is 0.305. The van der Waals surface area contributed by atoms with E-state index in [2.05, 4.69) is 16.8 Å². The van der Waals surface area contributed by atoms with Crippen molar-refractivity contribution in [3.63, 3.8) is 0 Å². The molecule has 0 radical (unpaired) electrons. The first-order chi connectivity index (χ1) is 9.88. The number of hydrogen-bond acceptors (Lipinski definition) is 3. The van der Waals surface area contributed by atoms with Crippen LogP contribution < -0.4 is 4.74 Å². The van der Waals surface area contributed by atoms with Crippen LogP contribution in [-0.4, -0.2) is 23.3 Å². The molecule has 0 amide bonds. The predicted octanol–water partition coefficient (Wildman–Crippen LogP) is 2.44. The van der Waals surface area contributed by atoms with E-state index >= 15 is 0 Å². The van der Waals surface area contributed by atoms with Crippen molar-refractivity contribution in [1.82, 2.24) is 4.98 Å². The molecule has 0 bridgehead atoms. The fourth-order valence-corrected chi connectivity index (χ4v) is 1.72. The van der Waals surface area contributed by atoms with Crippen molar-refractivity contribution in [2.24, 2.45) is 0 Å². The van der Waals surface area contributed by atoms with E-state index in [4.69, 9.17) is 9.84 Å². The molecule has 0 fully saturated rings. The summed E-state index contributed by atoms with van der Waals surface area (Å²) in [6.07, 6.45) is 4.91. The minimum absolute atomic E-state index is 0.0924. The Kier molecular flexibility index (Phi) is 5.63. The zero-order chi connectivity index (χ0) is 14.0. The molecule has 1 heterocycles. The van der Waals surface area contributed by atoms with Crippen molar-refractivity contribution >= 4 is 0 Å². The van der Waals surface area contributed by atoms with Crippen molar-refractivity contribution < 1.29 is 9.84 Å². The zero-order valence-electron chi connectivity index (χ0n) is 11.2. The average molecular weight is 267 g/mol. The van der Waals surface area contributed by atoms with Crippen LogP contribution in [0.25, 0.3) is 0 Å². The van der Waals surface area contributed by atoms with Crippen molar-refractivity contribution in [3.8, 4) is 17.6 Å². The van der Waals surface area contributed by atoms with Gasteiger partial charge in [-0.05, 0) is 35.9 Å². The number of ether oxygens (including phenoxy) is 1. The molecule has 102 valence electrons. The summed E-state index contributed by atoms with van der Waals surface area (Å²) in [5.74, 6) is 6.71. The number of nitrogens with zero attached hydrogens (tertiary/aromatic N) is 1. The van der Waals surface area contributed by atoms with Gasteiger partial charge in [0.05, 0.1) is 13.2 Å². The van der Waals surface area contributed by atoms with E-state index in [0.717, 1.165) is 17.7 Å². The van der Waals surface area contributed by atoms with Gasteiger partial charge in [0.1, 0.15) is 5.75 Å². The van der Waals surface area contributed by atoms with Gasteiger partial charge >= 0.3 is 0 Å². The van der Waals surface area contributed by atoms with E-state index in [1.54, 1.807) is 12.4 Å². The lowest BCUT2D eigenvalue weighted by atomic mass is 10.2. The van der Waals surface area contributed by atoms with Gasteiger partial charge in [-0.1, -0.05) is 17.9 Å². The molecule has 3 nitrogen and oxygen atoms in total. The van der Waals surface area contributed by atoms with Crippen LogP contribution in [0.5, 0.6) is 5.75 Å². The van der Waals surface area contributed by atoms with E-state index in [1.807, 2.05) is 36.4 Å². The zero-order valence-corrected chi connectivity index (χ0v) is 11.2. The van der Waals surface area contributed by atoms with E-state index in [9.17, 15) is 0 Å². The molecule has 0 saturated heterocycles. The van der Waals surface area contributed by atoms with Gasteiger partial charge < -0.3 is 9.84 Å². The molecule has 0 unspecified atom stereocenters. The Labute approximate surface area is 119 Å². The lowest BCUT2D eigenvalue weighted by Gasteiger charge is -2.06. The SMILES string of the molecule is OCCC#Cc1cccc(OCCc2ccncc2)c1. The Morgan fingerprint density at radius 3 is 2.80 bits per heavy atom. The molecule has 1 aromatic heterocycles. The number of pyridine rings is 1. The normalized spacial score (nSPS) is 9.65. The largest absolute Gasteiger partial charge is 0.493 e. The smallest absolute Gasteiger partial charge is 0.120 e. The number of aliphatic hydroxyl groups excluding tert-OH is 1. The Morgan fingerprint density at radius 1 is 1.15 bits per heavy atom. The van der Waals surface area contributed by atoms with Gasteiger partial charge in [0, 0.05) is 30.8 Å². The van der Waals surface area contributed by atoms with Gasteiger partial charge in [-0.25, -0.2) is 0 Å². The highest BCUT2D eigenvalue weighted by atomic mass is 16.5. The molecule has 0 spiro atoms. The highest BCUT2D eigenvalue weighted by molar-refractivity contribution is 5.39. The minimum Gasteiger partial charge on any atom is -0.493 e. The van der Waals surface area contributed by atoms with Crippen molar-refractivity contribution in [3.05, 3.63) is 59.9 Å². The molecule has 20 heavy (non-hydrogen) atoms. The van der Waals surface area contributed by atoms with Gasteiger partial charge in [0.2, 0.25) is 0 Å². The first kappa shape index (κ1) is 14.1. The van der Waals surface area contributed by atoms with Crippen LogP contribution in [0.1, 0.15) is 17.5 Å². The first-order valence-electron chi connectivity index (χ1n) is 6.60. The molecular formula is C17H17NO2. The van der Waals surface area contributed by atoms with Crippen LogP contribution in [0.15, 0.2) is 48.8 Å². The Morgan fingerprint density at radius 2 is 2.00 bits per heavy atom. The number of aromatic nitrogens is 1. The molecule has 2 rings (SSSR count). The summed E-state index contributed by atoms with van der Waals surface area (Å²) in [7, 11) is 0. The highest BCUT2D eigenvalue weighted by Gasteiger charge is 1.96. The summed E-state index contributed by atoms with van der Waals surface area (Å²) >= 11 is 0. The fourth-order valence-electron chi connectivity index (χ4n) is 1.72. The molecule has 1 aromatic carbocycles. The second kappa shape index (κ2) is 7.98. The Hall–Kier alpha value is -2.31. The van der Waals surface area contributed by atoms with Crippen LogP contribution >= 0.6 is 0 Å². The highest BCUT2D eigenvalue weighted by Crippen LogP contribution is 2.13. The maximum Gasteiger partial charge on any atom is 0.120 e. The minimum atomic E-state index is 0.0924. The fraction of sp³-hybridized carbons (Fsp3) is 0.235. The molecular weight excluding hydrogens is 250 g/mol. The van der Waals surface area contributed by atoms with Crippen LogP contribution in [0.4, 0.5) is 0 Å². The molecule has 0 aliphatic carbocycles. The topological polar surface area (TPSA) is 42.4 Å². The molecule has 2 aromatic rings. The van der Waals surface area contributed by atoms with Crippen LogP contribution in [0, 0.1) is 11.8 Å². The van der Waals surface area contributed by atoms with Crippen molar-refractivity contribution in [2.75, 3.05) is 13.2 Å². The number of rotatable bonds is 5. The van der Waals surface area contributed by atoms with Gasteiger partial charge in [0.15, 0.2) is 0 Å². The summed E-state index contributed by atoms with van der Waals surface area (Å²) in [5.41, 5.74) is 2.11. The molecule has 0 aliphatic rings. The first-order valence-corrected chi connectivity index (χ1v) is 6.60. The van der Waals surface area contributed by atoms with Gasteiger partial charge in [-0.15, -0.1) is 0 Å². The van der Waals surface area contributed by atoms with Crippen molar-refractivity contribution in [2.45, 2.75) is 12.8 Å². The summed E-state index contributed by atoms with van der Waals surface area (Å²) in [5, 5.41) is 8.69. The summed E-state index contributed by atoms with van der Waals surface area (Å²) < 4.78 is 5.72. The molecule has 1 N–H and O–H groups in total. The molecule has 0 aliphatic heterocycles. The third-order valence-corrected chi connectivity index (χ3v) is 2.71. The van der Waals surface area contributed by atoms with Crippen LogP contribution in [-0.2, 0) is 6.42 Å². The van der Waals surface area contributed by atoms with E-state index in [1.165, 1.54) is 5.56 Å². The number of benzene rings is 1. The van der Waals surface area contributed by atoms with Crippen LogP contribution in [0.2, 0.25) is 0 Å². The second-order valence-corrected chi connectivity index (χ2v) is 4.26. The van der Waals surface area contributed by atoms with E-state index in [0.29, 0.717) is 13.0 Å². The van der Waals surface area contributed by atoms with Gasteiger partial charge in [-0.2, -0.15) is 0 Å². The Bertz CT molecular complexity index is 585. The van der Waals surface area contributed by atoms with E-state index < -0.39 is 0 Å². The second-order valence-electron chi connectivity index (χ2n) is 4.26. The molecule has 0 atom stereocenters. The number of hydrogen-bond donors (Lipinski definition) is 1. The Balaban J connectivity index is 1.87. The monoisotopic (exact) mass is 267 g/mol. The van der Waals surface area contributed by atoms with Gasteiger partial charge in [-0.3, -0.25) is 4.98 Å². The van der Waals surface area contributed by atoms with Crippen molar-refractivity contribution in [1.29, 1.82) is 0 Å². The maximum absolute atomic E-state index is 8.69. The predicted molar refractivity (Wildman–Crippen MR) is 78.5 cm³/mol. The van der Waals surface area contributed by atoms with Crippen LogP contribution in [0.3, 0.4) is 0 Å². The van der Waals surface area contributed by atoms with E-state index in [-0.39, 0.29) is 6.61 Å². The number of aliphatic hydroxyl groups is 1. The molecule has 3 heteroatoms. The third-order valence-electron chi connectivity index (χ3n) is 2.71. The standard InChI is InChI=1S/C17H17NO2/c19-12-2-1-4-16-5-3-6-17(14-16)20-13-9-15-7-10-18-11-8-15/h3,5-8,10-11,14,19H,2,9,12-13H2. The lowest BCUT2D eigenvalue weighted by Crippen LogP contribution is -2.01. The third kappa shape index (κ3) is 4.75.